The molecule has 1 unspecified atom stereocenters. The minimum atomic E-state index is -1.02. The lowest BCUT2D eigenvalue weighted by Crippen LogP contribution is -2.12. The molecule has 1 atom stereocenters. The maximum absolute atomic E-state index is 13.1. The van der Waals surface area contributed by atoms with E-state index < -0.39 is 5.97 Å². The van der Waals surface area contributed by atoms with Crippen LogP contribution < -0.4 is 16.1 Å². The SMILES string of the molecule is CNc1ccc(-c2cc(=O)c3cc(C)cc(C(C)Nc4ccccc4C(=O)O)c3o2)cc1C=N. The number of hydrogen-bond acceptors (Lipinski definition) is 6. The molecule has 0 radical (unpaired) electrons. The van der Waals surface area contributed by atoms with E-state index in [0.29, 0.717) is 33.5 Å². The number of aromatic carboxylic acids is 1. The predicted octanol–water partition coefficient (Wildman–Crippen LogP) is 5.68. The van der Waals surface area contributed by atoms with Crippen molar-refractivity contribution in [2.24, 2.45) is 0 Å². The molecule has 0 aliphatic heterocycles. The van der Waals surface area contributed by atoms with Gasteiger partial charge in [0, 0.05) is 47.4 Å². The van der Waals surface area contributed by atoms with E-state index in [4.69, 9.17) is 9.83 Å². The highest BCUT2D eigenvalue weighted by molar-refractivity contribution is 5.94. The number of carboxylic acid groups (broad SMARTS) is 1. The van der Waals surface area contributed by atoms with Gasteiger partial charge in [-0.1, -0.05) is 18.2 Å². The number of hydrogen-bond donors (Lipinski definition) is 4. The van der Waals surface area contributed by atoms with Crippen LogP contribution in [-0.4, -0.2) is 24.3 Å². The molecule has 1 aromatic heterocycles. The Bertz CT molecular complexity index is 1470. The molecule has 0 spiro atoms. The first-order chi connectivity index (χ1) is 16.3. The average Bonchev–Trinajstić information content (AvgIpc) is 2.83. The maximum atomic E-state index is 13.1. The molecule has 34 heavy (non-hydrogen) atoms. The molecule has 7 nitrogen and oxygen atoms in total. The summed E-state index contributed by atoms with van der Waals surface area (Å²) >= 11 is 0. The van der Waals surface area contributed by atoms with E-state index in [1.54, 1.807) is 43.4 Å². The summed E-state index contributed by atoms with van der Waals surface area (Å²) in [4.78, 5) is 24.7. The normalized spacial score (nSPS) is 11.7. The van der Waals surface area contributed by atoms with Crippen molar-refractivity contribution >= 4 is 34.5 Å². The Balaban J connectivity index is 1.85. The summed E-state index contributed by atoms with van der Waals surface area (Å²) < 4.78 is 6.27. The van der Waals surface area contributed by atoms with E-state index in [9.17, 15) is 14.7 Å². The van der Waals surface area contributed by atoms with Crippen molar-refractivity contribution in [1.29, 1.82) is 5.41 Å². The molecule has 4 rings (SSSR count). The smallest absolute Gasteiger partial charge is 0.337 e. The third kappa shape index (κ3) is 4.28. The second kappa shape index (κ2) is 9.23. The van der Waals surface area contributed by atoms with Gasteiger partial charge in [-0.05, 0) is 55.8 Å². The Morgan fingerprint density at radius 3 is 2.56 bits per heavy atom. The number of para-hydroxylation sites is 1. The first-order valence-corrected chi connectivity index (χ1v) is 10.8. The van der Waals surface area contributed by atoms with Crippen molar-refractivity contribution in [3.63, 3.8) is 0 Å². The van der Waals surface area contributed by atoms with Crippen molar-refractivity contribution in [3.8, 4) is 11.3 Å². The quantitative estimate of drug-likeness (QED) is 0.267. The van der Waals surface area contributed by atoms with Crippen LogP contribution in [0, 0.1) is 12.3 Å². The Labute approximate surface area is 196 Å². The van der Waals surface area contributed by atoms with E-state index in [1.165, 1.54) is 12.3 Å². The molecular formula is C27H25N3O4. The van der Waals surface area contributed by atoms with Crippen LogP contribution in [0.3, 0.4) is 0 Å². The highest BCUT2D eigenvalue weighted by atomic mass is 16.4. The Morgan fingerprint density at radius 1 is 1.09 bits per heavy atom. The summed E-state index contributed by atoms with van der Waals surface area (Å²) in [6.07, 6.45) is 1.25. The summed E-state index contributed by atoms with van der Waals surface area (Å²) in [5, 5.41) is 24.0. The van der Waals surface area contributed by atoms with E-state index in [-0.39, 0.29) is 17.0 Å². The largest absolute Gasteiger partial charge is 0.478 e. The summed E-state index contributed by atoms with van der Waals surface area (Å²) in [5.74, 6) is -0.628. The second-order valence-electron chi connectivity index (χ2n) is 8.12. The van der Waals surface area contributed by atoms with Crippen molar-refractivity contribution in [2.45, 2.75) is 19.9 Å². The number of benzene rings is 3. The van der Waals surface area contributed by atoms with Crippen LogP contribution in [0.2, 0.25) is 0 Å². The van der Waals surface area contributed by atoms with Gasteiger partial charge < -0.3 is 25.6 Å². The Kier molecular flexibility index (Phi) is 6.19. The number of rotatable bonds is 7. The van der Waals surface area contributed by atoms with Gasteiger partial charge in [-0.3, -0.25) is 4.79 Å². The minimum Gasteiger partial charge on any atom is -0.478 e. The van der Waals surface area contributed by atoms with Crippen LogP contribution in [0.25, 0.3) is 22.3 Å². The van der Waals surface area contributed by atoms with Gasteiger partial charge in [0.2, 0.25) is 0 Å². The Hall–Kier alpha value is -4.39. The van der Waals surface area contributed by atoms with Gasteiger partial charge in [0.15, 0.2) is 5.43 Å². The molecule has 0 aliphatic carbocycles. The number of carbonyl (C=O) groups is 1. The zero-order chi connectivity index (χ0) is 24.4. The fraction of sp³-hybridized carbons (Fsp3) is 0.148. The van der Waals surface area contributed by atoms with Gasteiger partial charge in [-0.25, -0.2) is 4.79 Å². The molecular weight excluding hydrogens is 430 g/mol. The number of fused-ring (bicyclic) bond motifs is 1. The maximum Gasteiger partial charge on any atom is 0.337 e. The zero-order valence-corrected chi connectivity index (χ0v) is 19.1. The highest BCUT2D eigenvalue weighted by Crippen LogP contribution is 2.32. The number of anilines is 2. The first kappa shape index (κ1) is 22.8. The van der Waals surface area contributed by atoms with Gasteiger partial charge in [-0.2, -0.15) is 0 Å². The van der Waals surface area contributed by atoms with Crippen LogP contribution in [0.4, 0.5) is 11.4 Å². The Morgan fingerprint density at radius 2 is 1.85 bits per heavy atom. The number of carboxylic acids is 1. The van der Waals surface area contributed by atoms with Crippen LogP contribution in [0.5, 0.6) is 0 Å². The molecule has 1 heterocycles. The van der Waals surface area contributed by atoms with E-state index >= 15 is 0 Å². The fourth-order valence-electron chi connectivity index (χ4n) is 4.07. The number of nitrogens with one attached hydrogen (secondary N) is 3. The predicted molar refractivity (Wildman–Crippen MR) is 136 cm³/mol. The van der Waals surface area contributed by atoms with Crippen LogP contribution in [0.15, 0.2) is 69.9 Å². The lowest BCUT2D eigenvalue weighted by Gasteiger charge is -2.19. The molecule has 0 saturated heterocycles. The van der Waals surface area contributed by atoms with Gasteiger partial charge in [-0.15, -0.1) is 0 Å². The third-order valence-corrected chi connectivity index (χ3v) is 5.76. The standard InChI is InChI=1S/C27H25N3O4/c1-15-10-20(16(2)30-23-7-5-4-6-19(23)27(32)33)26-21(11-15)24(31)13-25(34-26)17-8-9-22(29-3)18(12-17)14-28/h4-14,16,28-30H,1-3H3,(H,32,33). The average molecular weight is 456 g/mol. The molecule has 0 amide bonds. The summed E-state index contributed by atoms with van der Waals surface area (Å²) in [6, 6.07) is 17.0. The summed E-state index contributed by atoms with van der Waals surface area (Å²) in [6.45, 7) is 3.80. The van der Waals surface area contributed by atoms with Crippen molar-refractivity contribution in [3.05, 3.63) is 93.1 Å². The number of aryl methyl sites for hydroxylation is 1. The monoisotopic (exact) mass is 455 g/mol. The minimum absolute atomic E-state index is 0.164. The summed E-state index contributed by atoms with van der Waals surface area (Å²) in [7, 11) is 1.78. The molecule has 0 fully saturated rings. The molecule has 3 aromatic carbocycles. The topological polar surface area (TPSA) is 115 Å². The molecule has 4 aromatic rings. The van der Waals surface area contributed by atoms with Crippen molar-refractivity contribution < 1.29 is 14.3 Å². The van der Waals surface area contributed by atoms with Gasteiger partial charge in [0.1, 0.15) is 11.3 Å². The molecule has 4 N–H and O–H groups in total. The highest BCUT2D eigenvalue weighted by Gasteiger charge is 2.18. The molecule has 0 bridgehead atoms. The lowest BCUT2D eigenvalue weighted by atomic mass is 10.00. The van der Waals surface area contributed by atoms with Crippen molar-refractivity contribution in [2.75, 3.05) is 17.7 Å². The van der Waals surface area contributed by atoms with E-state index in [0.717, 1.165) is 16.8 Å². The third-order valence-electron chi connectivity index (χ3n) is 5.76. The van der Waals surface area contributed by atoms with Crippen LogP contribution in [0.1, 0.15) is 40.0 Å². The van der Waals surface area contributed by atoms with E-state index in [2.05, 4.69) is 10.6 Å². The van der Waals surface area contributed by atoms with Gasteiger partial charge in [0.25, 0.3) is 0 Å². The van der Waals surface area contributed by atoms with Crippen LogP contribution in [-0.2, 0) is 0 Å². The molecule has 7 heteroatoms. The van der Waals surface area contributed by atoms with Crippen LogP contribution >= 0.6 is 0 Å². The molecule has 0 aliphatic rings. The lowest BCUT2D eigenvalue weighted by molar-refractivity contribution is 0.0698. The van der Waals surface area contributed by atoms with E-state index in [1.807, 2.05) is 32.0 Å². The molecule has 172 valence electrons. The van der Waals surface area contributed by atoms with Crippen molar-refractivity contribution in [1.82, 2.24) is 0 Å². The van der Waals surface area contributed by atoms with Gasteiger partial charge >= 0.3 is 5.97 Å². The first-order valence-electron chi connectivity index (χ1n) is 10.8. The second-order valence-corrected chi connectivity index (χ2v) is 8.12. The fourth-order valence-corrected chi connectivity index (χ4v) is 4.07. The summed E-state index contributed by atoms with van der Waals surface area (Å²) in [5.41, 5.74) is 4.70. The molecule has 0 saturated carbocycles. The van der Waals surface area contributed by atoms with Gasteiger partial charge in [0.05, 0.1) is 17.0 Å². The zero-order valence-electron chi connectivity index (χ0n) is 19.1.